The van der Waals surface area contributed by atoms with Crippen LogP contribution in [0.4, 0.5) is 5.82 Å². The second-order valence-electron chi connectivity index (χ2n) is 8.66. The van der Waals surface area contributed by atoms with Crippen molar-refractivity contribution in [2.24, 2.45) is 0 Å². The summed E-state index contributed by atoms with van der Waals surface area (Å²) in [5.41, 5.74) is 8.39. The molecule has 2 aromatic heterocycles. The number of aromatic nitrogens is 4. The molecule has 0 unspecified atom stereocenters. The number of nitrogens with zero attached hydrogens (tertiary/aromatic N) is 5. The van der Waals surface area contributed by atoms with E-state index < -0.39 is 10.0 Å². The highest BCUT2D eigenvalue weighted by Crippen LogP contribution is 2.35. The molecule has 182 valence electrons. The average molecular weight is 493 g/mol. The molecule has 1 atom stereocenters. The van der Waals surface area contributed by atoms with E-state index in [1.807, 2.05) is 66.2 Å². The van der Waals surface area contributed by atoms with Crippen molar-refractivity contribution in [3.8, 4) is 22.8 Å². The van der Waals surface area contributed by atoms with Crippen molar-refractivity contribution in [3.63, 3.8) is 0 Å². The fraction of sp³-hybridized carbons (Fsp3) is 0.320. The van der Waals surface area contributed by atoms with Crippen molar-refractivity contribution in [3.05, 3.63) is 60.9 Å². The van der Waals surface area contributed by atoms with Gasteiger partial charge in [0.1, 0.15) is 29.3 Å². The van der Waals surface area contributed by atoms with E-state index in [-0.39, 0.29) is 11.8 Å². The van der Waals surface area contributed by atoms with Gasteiger partial charge in [-0.3, -0.25) is 0 Å². The second-order valence-corrected chi connectivity index (χ2v) is 10.7. The quantitative estimate of drug-likeness (QED) is 0.410. The predicted octanol–water partition coefficient (Wildman–Crippen LogP) is 4.24. The van der Waals surface area contributed by atoms with Crippen LogP contribution in [0.15, 0.2) is 60.9 Å². The minimum atomic E-state index is -3.29. The van der Waals surface area contributed by atoms with E-state index in [4.69, 9.17) is 15.6 Å². The van der Waals surface area contributed by atoms with Gasteiger partial charge in [0.05, 0.1) is 17.2 Å². The molecule has 35 heavy (non-hydrogen) atoms. The lowest BCUT2D eigenvalue weighted by atomic mass is 10.1. The molecule has 0 spiro atoms. The molecule has 0 bridgehead atoms. The van der Waals surface area contributed by atoms with Gasteiger partial charge in [-0.05, 0) is 55.7 Å². The highest BCUT2D eigenvalue weighted by atomic mass is 32.2. The van der Waals surface area contributed by atoms with Crippen LogP contribution in [0, 0.1) is 0 Å². The number of benzene rings is 2. The van der Waals surface area contributed by atoms with Crippen molar-refractivity contribution < 1.29 is 13.2 Å². The lowest BCUT2D eigenvalue weighted by Gasteiger charge is -2.32. The number of rotatable bonds is 7. The zero-order valence-corrected chi connectivity index (χ0v) is 20.4. The molecule has 3 heterocycles. The Morgan fingerprint density at radius 3 is 2.54 bits per heavy atom. The first-order valence-corrected chi connectivity index (χ1v) is 13.4. The summed E-state index contributed by atoms with van der Waals surface area (Å²) in [5, 5.41) is 5.56. The van der Waals surface area contributed by atoms with Crippen LogP contribution in [0.5, 0.6) is 11.5 Å². The summed E-state index contributed by atoms with van der Waals surface area (Å²) in [6.07, 6.45) is 3.58. The third-order valence-electron chi connectivity index (χ3n) is 6.19. The second kappa shape index (κ2) is 9.63. The van der Waals surface area contributed by atoms with E-state index in [0.717, 1.165) is 24.2 Å². The Morgan fingerprint density at radius 1 is 1.06 bits per heavy atom. The molecule has 0 saturated carbocycles. The fourth-order valence-electron chi connectivity index (χ4n) is 4.52. The van der Waals surface area contributed by atoms with E-state index in [0.29, 0.717) is 47.8 Å². The van der Waals surface area contributed by atoms with Gasteiger partial charge in [-0.25, -0.2) is 23.1 Å². The number of piperidine rings is 1. The van der Waals surface area contributed by atoms with E-state index in [1.54, 1.807) is 4.31 Å². The molecule has 4 aromatic rings. The molecular weight excluding hydrogens is 464 g/mol. The highest BCUT2D eigenvalue weighted by Gasteiger charge is 2.31. The topological polar surface area (TPSA) is 116 Å². The molecule has 1 fully saturated rings. The van der Waals surface area contributed by atoms with Crippen LogP contribution >= 0.6 is 0 Å². The smallest absolute Gasteiger partial charge is 0.214 e. The zero-order valence-electron chi connectivity index (χ0n) is 19.5. The Balaban J connectivity index is 1.49. The summed E-state index contributed by atoms with van der Waals surface area (Å²) in [6.45, 7) is 2.78. The van der Waals surface area contributed by atoms with Crippen LogP contribution < -0.4 is 10.5 Å². The van der Waals surface area contributed by atoms with E-state index in [9.17, 15) is 8.42 Å². The van der Waals surface area contributed by atoms with Crippen LogP contribution in [-0.2, 0) is 10.0 Å². The third-order valence-corrected chi connectivity index (χ3v) is 8.23. The molecule has 10 heteroatoms. The minimum Gasteiger partial charge on any atom is -0.457 e. The van der Waals surface area contributed by atoms with Crippen LogP contribution in [0.25, 0.3) is 22.3 Å². The van der Waals surface area contributed by atoms with Crippen LogP contribution in [0.2, 0.25) is 0 Å². The van der Waals surface area contributed by atoms with Crippen LogP contribution in [0.3, 0.4) is 0 Å². The number of fused-ring (bicyclic) bond motifs is 1. The summed E-state index contributed by atoms with van der Waals surface area (Å²) in [4.78, 5) is 8.66. The molecule has 1 saturated heterocycles. The average Bonchev–Trinajstić information content (AvgIpc) is 3.26. The lowest BCUT2D eigenvalue weighted by molar-refractivity contribution is 0.258. The van der Waals surface area contributed by atoms with Crippen molar-refractivity contribution in [2.75, 3.05) is 24.6 Å². The Kier molecular flexibility index (Phi) is 6.40. The zero-order chi connectivity index (χ0) is 24.4. The monoisotopic (exact) mass is 492 g/mol. The molecule has 9 nitrogen and oxygen atoms in total. The number of hydrogen-bond donors (Lipinski definition) is 1. The Bertz CT molecular complexity index is 1420. The van der Waals surface area contributed by atoms with Crippen molar-refractivity contribution >= 4 is 26.9 Å². The van der Waals surface area contributed by atoms with E-state index in [2.05, 4.69) is 9.97 Å². The summed E-state index contributed by atoms with van der Waals surface area (Å²) in [5.74, 6) is 1.95. The highest BCUT2D eigenvalue weighted by molar-refractivity contribution is 7.89. The molecule has 0 aliphatic carbocycles. The first-order chi connectivity index (χ1) is 17.0. The minimum absolute atomic E-state index is 0.137. The van der Waals surface area contributed by atoms with Crippen LogP contribution in [0.1, 0.15) is 32.2 Å². The number of nitrogens with two attached hydrogens (primary N) is 1. The number of sulfonamides is 1. The predicted molar refractivity (Wildman–Crippen MR) is 136 cm³/mol. The van der Waals surface area contributed by atoms with Gasteiger partial charge in [0.25, 0.3) is 0 Å². The van der Waals surface area contributed by atoms with Crippen molar-refractivity contribution in [1.82, 2.24) is 24.1 Å². The van der Waals surface area contributed by atoms with Gasteiger partial charge in [0, 0.05) is 18.7 Å². The lowest BCUT2D eigenvalue weighted by Crippen LogP contribution is -2.42. The summed E-state index contributed by atoms with van der Waals surface area (Å²) in [7, 11) is -3.29. The van der Waals surface area contributed by atoms with Gasteiger partial charge in [0.2, 0.25) is 10.0 Å². The molecule has 2 N–H and O–H groups in total. The molecule has 5 rings (SSSR count). The van der Waals surface area contributed by atoms with Crippen molar-refractivity contribution in [2.45, 2.75) is 32.2 Å². The molecular formula is C25H28N6O3S. The van der Waals surface area contributed by atoms with Gasteiger partial charge >= 0.3 is 0 Å². The largest absolute Gasteiger partial charge is 0.457 e. The van der Waals surface area contributed by atoms with Gasteiger partial charge in [-0.1, -0.05) is 25.1 Å². The van der Waals surface area contributed by atoms with Gasteiger partial charge in [-0.15, -0.1) is 0 Å². The summed E-state index contributed by atoms with van der Waals surface area (Å²) in [6, 6.07) is 17.1. The van der Waals surface area contributed by atoms with Gasteiger partial charge in [0.15, 0.2) is 5.65 Å². The third kappa shape index (κ3) is 4.71. The first kappa shape index (κ1) is 23.3. The molecule has 0 amide bonds. The SMILES string of the molecule is CCCS(=O)(=O)N1CCC[C@@H](n2nc(-c3ccc(Oc4ccccc4)cc3)c3c(N)ncnc32)C1. The van der Waals surface area contributed by atoms with E-state index in [1.165, 1.54) is 6.33 Å². The van der Waals surface area contributed by atoms with Crippen LogP contribution in [-0.4, -0.2) is 51.3 Å². The Labute approximate surface area is 204 Å². The molecule has 0 radical (unpaired) electrons. The Morgan fingerprint density at radius 2 is 1.80 bits per heavy atom. The molecule has 1 aliphatic heterocycles. The number of ether oxygens (including phenoxy) is 1. The van der Waals surface area contributed by atoms with Gasteiger partial charge < -0.3 is 10.5 Å². The van der Waals surface area contributed by atoms with Gasteiger partial charge in [-0.2, -0.15) is 9.40 Å². The summed E-state index contributed by atoms with van der Waals surface area (Å²) >= 11 is 0. The number of hydrogen-bond acceptors (Lipinski definition) is 7. The maximum Gasteiger partial charge on any atom is 0.214 e. The normalized spacial score (nSPS) is 17.0. The molecule has 1 aliphatic rings. The molecule has 2 aromatic carbocycles. The number of para-hydroxylation sites is 1. The Hall–Kier alpha value is -3.50. The standard InChI is InChI=1S/C25H28N6O3S/c1-2-15-35(32,33)30-14-6-7-19(16-30)31-25-22(24(26)27-17-28-25)23(29-31)18-10-12-21(13-11-18)34-20-8-4-3-5-9-20/h3-5,8-13,17,19H,2,6-7,14-16H2,1H3,(H2,26,27,28)/t19-/m1/s1. The van der Waals surface area contributed by atoms with E-state index >= 15 is 0 Å². The fourth-order valence-corrected chi connectivity index (χ4v) is 6.10. The number of anilines is 1. The summed E-state index contributed by atoms with van der Waals surface area (Å²) < 4.78 is 34.7. The number of nitrogen functional groups attached to an aromatic ring is 1. The maximum absolute atomic E-state index is 12.7. The van der Waals surface area contributed by atoms with Crippen molar-refractivity contribution in [1.29, 1.82) is 0 Å². The first-order valence-electron chi connectivity index (χ1n) is 11.8. The maximum atomic E-state index is 12.7.